The summed E-state index contributed by atoms with van der Waals surface area (Å²) in [5, 5.41) is 0. The molecule has 1 heteroatoms. The van der Waals surface area contributed by atoms with Crippen molar-refractivity contribution < 1.29 is 4.79 Å². The van der Waals surface area contributed by atoms with Gasteiger partial charge >= 0.3 is 0 Å². The lowest BCUT2D eigenvalue weighted by molar-refractivity contribution is -0.114. The minimum atomic E-state index is 0.239. The molecule has 0 unspecified atom stereocenters. The van der Waals surface area contributed by atoms with Gasteiger partial charge < -0.3 is 0 Å². The van der Waals surface area contributed by atoms with Gasteiger partial charge in [-0.3, -0.25) is 4.79 Å². The maximum absolute atomic E-state index is 11.5. The van der Waals surface area contributed by atoms with Crippen LogP contribution in [0.15, 0.2) is 36.5 Å². The van der Waals surface area contributed by atoms with Crippen molar-refractivity contribution in [2.24, 2.45) is 0 Å². The number of unbranched alkanes of at least 4 members (excludes halogenated alkanes) is 4. The van der Waals surface area contributed by atoms with E-state index in [0.29, 0.717) is 6.42 Å². The van der Waals surface area contributed by atoms with Crippen LogP contribution in [0.2, 0.25) is 0 Å². The molecular weight excluding hydrogens is 196 g/mol. The average Bonchev–Trinajstić information content (AvgIpc) is 2.26. The molecule has 0 aliphatic heterocycles. The third-order valence-electron chi connectivity index (χ3n) is 2.41. The Morgan fingerprint density at radius 2 is 1.88 bits per heavy atom. The van der Waals surface area contributed by atoms with Gasteiger partial charge in [0.05, 0.1) is 0 Å². The van der Waals surface area contributed by atoms with Gasteiger partial charge in [-0.05, 0) is 25.0 Å². The molecule has 0 saturated heterocycles. The number of hydrogen-bond donors (Lipinski definition) is 0. The van der Waals surface area contributed by atoms with Crippen LogP contribution in [0, 0.1) is 0 Å². The second-order valence-electron chi connectivity index (χ2n) is 4.11. The van der Waals surface area contributed by atoms with E-state index in [1.54, 1.807) is 12.2 Å². The highest BCUT2D eigenvalue weighted by Gasteiger charge is 1.97. The first-order valence-electron chi connectivity index (χ1n) is 6.21. The fraction of sp³-hybridized carbons (Fsp3) is 0.533. The molecule has 0 aromatic heterocycles. The molecule has 0 atom stereocenters. The molecule has 0 radical (unpaired) electrons. The van der Waals surface area contributed by atoms with Crippen LogP contribution in [0.5, 0.6) is 0 Å². The third-order valence-corrected chi connectivity index (χ3v) is 2.41. The van der Waals surface area contributed by atoms with Gasteiger partial charge in [0.15, 0.2) is 5.78 Å². The third kappa shape index (κ3) is 9.45. The van der Waals surface area contributed by atoms with Crippen molar-refractivity contribution in [3.05, 3.63) is 36.5 Å². The van der Waals surface area contributed by atoms with Crippen molar-refractivity contribution in [1.82, 2.24) is 0 Å². The smallest absolute Gasteiger partial charge is 0.155 e. The molecule has 0 aromatic rings. The summed E-state index contributed by atoms with van der Waals surface area (Å²) in [6, 6.07) is 0. The van der Waals surface area contributed by atoms with E-state index in [4.69, 9.17) is 0 Å². The molecule has 0 bridgehead atoms. The lowest BCUT2D eigenvalue weighted by Gasteiger charge is -1.98. The summed E-state index contributed by atoms with van der Waals surface area (Å²) in [6.45, 7) is 7.73. The molecule has 0 heterocycles. The summed E-state index contributed by atoms with van der Waals surface area (Å²) in [5.41, 5.74) is 0.999. The highest BCUT2D eigenvalue weighted by atomic mass is 16.1. The van der Waals surface area contributed by atoms with Gasteiger partial charge in [-0.25, -0.2) is 0 Å². The van der Waals surface area contributed by atoms with E-state index in [1.807, 2.05) is 19.1 Å². The average molecular weight is 220 g/mol. The normalized spacial score (nSPS) is 12.0. The van der Waals surface area contributed by atoms with Crippen molar-refractivity contribution in [3.8, 4) is 0 Å². The Bertz CT molecular complexity index is 259. The van der Waals surface area contributed by atoms with Gasteiger partial charge in [-0.2, -0.15) is 0 Å². The quantitative estimate of drug-likeness (QED) is 0.315. The zero-order valence-corrected chi connectivity index (χ0v) is 10.7. The Morgan fingerprint density at radius 1 is 1.19 bits per heavy atom. The van der Waals surface area contributed by atoms with E-state index in [9.17, 15) is 4.79 Å². The first-order chi connectivity index (χ1) is 7.70. The summed E-state index contributed by atoms with van der Waals surface area (Å²) in [7, 11) is 0. The summed E-state index contributed by atoms with van der Waals surface area (Å²) in [5.74, 6) is 0.239. The molecular formula is C15H24O. The van der Waals surface area contributed by atoms with Gasteiger partial charge in [0, 0.05) is 6.42 Å². The van der Waals surface area contributed by atoms with Gasteiger partial charge in [0.1, 0.15) is 0 Å². The van der Waals surface area contributed by atoms with Crippen molar-refractivity contribution in [2.45, 2.75) is 52.4 Å². The standard InChI is InChI=1S/C15H24O/c1-4-6-8-9-10-12-15(16)13-14(3)11-7-5-2/h5,7,11,13H,2,4,6,8-10,12H2,1,3H3. The maximum atomic E-state index is 11.5. The predicted octanol–water partition coefficient (Wildman–Crippen LogP) is 4.60. The summed E-state index contributed by atoms with van der Waals surface area (Å²) < 4.78 is 0. The van der Waals surface area contributed by atoms with Crippen LogP contribution in [0.25, 0.3) is 0 Å². The fourth-order valence-corrected chi connectivity index (χ4v) is 1.50. The van der Waals surface area contributed by atoms with Gasteiger partial charge in [0.25, 0.3) is 0 Å². The SMILES string of the molecule is C=CC=CC(C)=CC(=O)CCCCCCC. The number of ketones is 1. The predicted molar refractivity (Wildman–Crippen MR) is 71.5 cm³/mol. The van der Waals surface area contributed by atoms with E-state index in [2.05, 4.69) is 13.5 Å². The number of allylic oxidation sites excluding steroid dienone is 5. The number of carbonyl (C=O) groups is 1. The van der Waals surface area contributed by atoms with Gasteiger partial charge in [0.2, 0.25) is 0 Å². The highest BCUT2D eigenvalue weighted by molar-refractivity contribution is 5.90. The molecule has 0 rings (SSSR count). The van der Waals surface area contributed by atoms with Crippen molar-refractivity contribution in [3.63, 3.8) is 0 Å². The number of hydrogen-bond acceptors (Lipinski definition) is 1. The number of carbonyl (C=O) groups excluding carboxylic acids is 1. The van der Waals surface area contributed by atoms with Crippen LogP contribution < -0.4 is 0 Å². The molecule has 90 valence electrons. The van der Waals surface area contributed by atoms with Crippen LogP contribution in [0.4, 0.5) is 0 Å². The monoisotopic (exact) mass is 220 g/mol. The van der Waals surface area contributed by atoms with Crippen molar-refractivity contribution in [2.75, 3.05) is 0 Å². The number of rotatable bonds is 9. The van der Waals surface area contributed by atoms with Crippen molar-refractivity contribution >= 4 is 5.78 Å². The van der Waals surface area contributed by atoms with Gasteiger partial charge in [-0.1, -0.05) is 57.4 Å². The van der Waals surface area contributed by atoms with Crippen LogP contribution in [-0.4, -0.2) is 5.78 Å². The molecule has 0 aliphatic carbocycles. The second kappa shape index (κ2) is 10.4. The van der Waals surface area contributed by atoms with Crippen molar-refractivity contribution in [1.29, 1.82) is 0 Å². The Hall–Kier alpha value is -1.11. The molecule has 0 spiro atoms. The Labute approximate surface area is 99.9 Å². The van der Waals surface area contributed by atoms with E-state index < -0.39 is 0 Å². The summed E-state index contributed by atoms with van der Waals surface area (Å²) >= 11 is 0. The lowest BCUT2D eigenvalue weighted by Crippen LogP contribution is -1.93. The Morgan fingerprint density at radius 3 is 2.50 bits per heavy atom. The maximum Gasteiger partial charge on any atom is 0.155 e. The lowest BCUT2D eigenvalue weighted by atomic mass is 10.1. The first kappa shape index (κ1) is 14.9. The fourth-order valence-electron chi connectivity index (χ4n) is 1.50. The zero-order valence-electron chi connectivity index (χ0n) is 10.7. The Kier molecular flexibility index (Phi) is 9.69. The van der Waals surface area contributed by atoms with E-state index >= 15 is 0 Å². The van der Waals surface area contributed by atoms with E-state index in [0.717, 1.165) is 12.0 Å². The van der Waals surface area contributed by atoms with Crippen LogP contribution in [0.3, 0.4) is 0 Å². The molecule has 0 saturated carbocycles. The largest absolute Gasteiger partial charge is 0.295 e. The van der Waals surface area contributed by atoms with Gasteiger partial charge in [-0.15, -0.1) is 0 Å². The summed E-state index contributed by atoms with van der Waals surface area (Å²) in [4.78, 5) is 11.5. The molecule has 0 aromatic carbocycles. The molecule has 0 fully saturated rings. The van der Waals surface area contributed by atoms with E-state index in [1.165, 1.54) is 25.7 Å². The topological polar surface area (TPSA) is 17.1 Å². The minimum Gasteiger partial charge on any atom is -0.295 e. The molecule has 1 nitrogen and oxygen atoms in total. The van der Waals surface area contributed by atoms with Crippen LogP contribution in [-0.2, 0) is 4.79 Å². The molecule has 0 amide bonds. The molecule has 0 N–H and O–H groups in total. The van der Waals surface area contributed by atoms with Crippen LogP contribution in [0.1, 0.15) is 52.4 Å². The second-order valence-corrected chi connectivity index (χ2v) is 4.11. The molecule has 0 aliphatic rings. The minimum absolute atomic E-state index is 0.239. The van der Waals surface area contributed by atoms with Crippen LogP contribution >= 0.6 is 0 Å². The molecule has 16 heavy (non-hydrogen) atoms. The Balaban J connectivity index is 3.72. The van der Waals surface area contributed by atoms with E-state index in [-0.39, 0.29) is 5.78 Å². The first-order valence-corrected chi connectivity index (χ1v) is 6.21. The zero-order chi connectivity index (χ0) is 12.2. The highest BCUT2D eigenvalue weighted by Crippen LogP contribution is 2.06. The summed E-state index contributed by atoms with van der Waals surface area (Å²) in [6.07, 6.45) is 13.9.